The van der Waals surface area contributed by atoms with Crippen LogP contribution in [0.25, 0.3) is 11.4 Å². The van der Waals surface area contributed by atoms with Crippen molar-refractivity contribution in [1.82, 2.24) is 14.8 Å². The molecule has 8 nitrogen and oxygen atoms in total. The van der Waals surface area contributed by atoms with E-state index >= 15 is 0 Å². The van der Waals surface area contributed by atoms with Crippen LogP contribution in [0.5, 0.6) is 0 Å². The molecule has 1 heterocycles. The number of nitrogens with one attached hydrogen (secondary N) is 1. The van der Waals surface area contributed by atoms with E-state index in [0.717, 1.165) is 0 Å². The summed E-state index contributed by atoms with van der Waals surface area (Å²) in [4.78, 5) is 23.9. The minimum absolute atomic E-state index is 0.0237. The lowest BCUT2D eigenvalue weighted by atomic mass is 10.1. The van der Waals surface area contributed by atoms with Gasteiger partial charge in [0, 0.05) is 24.4 Å². The molecule has 0 spiro atoms. The van der Waals surface area contributed by atoms with E-state index in [0.29, 0.717) is 22.1 Å². The molecule has 1 unspecified atom stereocenters. The van der Waals surface area contributed by atoms with E-state index in [2.05, 4.69) is 15.5 Å². The van der Waals surface area contributed by atoms with E-state index in [1.807, 2.05) is 18.2 Å². The summed E-state index contributed by atoms with van der Waals surface area (Å²) in [5.74, 6) is -0.244. The van der Waals surface area contributed by atoms with Crippen molar-refractivity contribution in [3.05, 3.63) is 99.3 Å². The van der Waals surface area contributed by atoms with Gasteiger partial charge in [-0.3, -0.25) is 14.9 Å². The van der Waals surface area contributed by atoms with Crippen LogP contribution in [0.2, 0.25) is 5.02 Å². The molecule has 0 aliphatic heterocycles. The second-order valence-electron chi connectivity index (χ2n) is 7.19. The average molecular weight is 498 g/mol. The number of carbonyl (C=O) groups excluding carboxylic acids is 1. The molecule has 1 aromatic heterocycles. The van der Waals surface area contributed by atoms with Gasteiger partial charge in [0.2, 0.25) is 5.91 Å². The maximum atomic E-state index is 13.3. The van der Waals surface area contributed by atoms with E-state index in [1.54, 1.807) is 35.9 Å². The van der Waals surface area contributed by atoms with Crippen molar-refractivity contribution in [3.63, 3.8) is 0 Å². The minimum Gasteiger partial charge on any atom is -0.325 e. The lowest BCUT2D eigenvalue weighted by molar-refractivity contribution is -0.384. The molecule has 0 aliphatic rings. The van der Waals surface area contributed by atoms with Crippen molar-refractivity contribution < 1.29 is 14.1 Å². The van der Waals surface area contributed by atoms with Crippen molar-refractivity contribution in [3.8, 4) is 11.4 Å². The Morgan fingerprint density at radius 2 is 1.82 bits per heavy atom. The molecule has 0 aliphatic carbocycles. The maximum absolute atomic E-state index is 13.3. The first-order valence-corrected chi connectivity index (χ1v) is 11.2. The van der Waals surface area contributed by atoms with Crippen LogP contribution < -0.4 is 5.32 Å². The molecule has 4 rings (SSSR count). The van der Waals surface area contributed by atoms with Gasteiger partial charge in [0.1, 0.15) is 16.1 Å². The van der Waals surface area contributed by atoms with Gasteiger partial charge in [-0.2, -0.15) is 0 Å². The number of halogens is 2. The summed E-state index contributed by atoms with van der Waals surface area (Å²) in [5, 5.41) is 22.0. The number of nitro groups is 1. The molecule has 4 aromatic rings. The zero-order valence-electron chi connectivity index (χ0n) is 17.7. The zero-order chi connectivity index (χ0) is 24.2. The highest BCUT2D eigenvalue weighted by molar-refractivity contribution is 8.00. The van der Waals surface area contributed by atoms with Gasteiger partial charge in [-0.25, -0.2) is 4.39 Å². The Balaban J connectivity index is 1.63. The summed E-state index contributed by atoms with van der Waals surface area (Å²) in [6, 6.07) is 19.0. The Kier molecular flexibility index (Phi) is 6.90. The molecular formula is C23H17ClFN5O3S. The number of amides is 1. The van der Waals surface area contributed by atoms with Crippen molar-refractivity contribution in [2.75, 3.05) is 5.32 Å². The van der Waals surface area contributed by atoms with Crippen LogP contribution in [0.15, 0.2) is 78.0 Å². The molecule has 1 amide bonds. The fraction of sp³-hybridized carbons (Fsp3) is 0.0870. The van der Waals surface area contributed by atoms with E-state index in [-0.39, 0.29) is 22.2 Å². The fourth-order valence-electron chi connectivity index (χ4n) is 3.21. The second kappa shape index (κ2) is 10.0. The van der Waals surface area contributed by atoms with Gasteiger partial charge in [0.25, 0.3) is 5.69 Å². The second-order valence-corrected chi connectivity index (χ2v) is 8.67. The zero-order valence-corrected chi connectivity index (χ0v) is 19.3. The van der Waals surface area contributed by atoms with Gasteiger partial charge < -0.3 is 9.88 Å². The molecular weight excluding hydrogens is 481 g/mol. The van der Waals surface area contributed by atoms with E-state index in [4.69, 9.17) is 11.6 Å². The number of hydrogen-bond donors (Lipinski definition) is 1. The molecule has 11 heteroatoms. The fourth-order valence-corrected chi connectivity index (χ4v) is 4.40. The number of nitro benzene ring substituents is 1. The van der Waals surface area contributed by atoms with Crippen LogP contribution in [0.1, 0.15) is 10.8 Å². The van der Waals surface area contributed by atoms with Gasteiger partial charge in [0.05, 0.1) is 4.92 Å². The third-order valence-electron chi connectivity index (χ3n) is 4.91. The molecule has 0 saturated heterocycles. The molecule has 0 fully saturated rings. The molecule has 0 bridgehead atoms. The number of thioether (sulfide) groups is 1. The molecule has 172 valence electrons. The van der Waals surface area contributed by atoms with Crippen molar-refractivity contribution >= 4 is 40.6 Å². The standard InChI is InChI=1S/C23H17ClFN5O3S/c1-29-21(15-7-9-16(25)10-8-15)27-28-23(29)34-20(14-5-3-2-4-6-14)22(31)26-17-11-12-18(24)19(13-17)30(32)33/h2-13,20H,1H3,(H,26,31). The Hall–Kier alpha value is -3.76. The monoisotopic (exact) mass is 497 g/mol. The first-order valence-electron chi connectivity index (χ1n) is 9.95. The quantitative estimate of drug-likeness (QED) is 0.201. The highest BCUT2D eigenvalue weighted by Gasteiger charge is 2.26. The smallest absolute Gasteiger partial charge is 0.289 e. The molecule has 0 radical (unpaired) electrons. The Morgan fingerprint density at radius 3 is 2.50 bits per heavy atom. The number of anilines is 1. The summed E-state index contributed by atoms with van der Waals surface area (Å²) in [6.07, 6.45) is 0. The minimum atomic E-state index is -0.736. The van der Waals surface area contributed by atoms with Crippen LogP contribution in [-0.2, 0) is 11.8 Å². The third-order valence-corrected chi connectivity index (χ3v) is 6.52. The summed E-state index contributed by atoms with van der Waals surface area (Å²) >= 11 is 7.05. The van der Waals surface area contributed by atoms with Crippen LogP contribution >= 0.6 is 23.4 Å². The Morgan fingerprint density at radius 1 is 1.12 bits per heavy atom. The number of hydrogen-bond acceptors (Lipinski definition) is 6. The summed E-state index contributed by atoms with van der Waals surface area (Å²) in [7, 11) is 1.75. The predicted octanol–water partition coefficient (Wildman–Crippen LogP) is 5.65. The topological polar surface area (TPSA) is 103 Å². The summed E-state index contributed by atoms with van der Waals surface area (Å²) in [5.41, 5.74) is 1.32. The lowest BCUT2D eigenvalue weighted by Gasteiger charge is -2.16. The van der Waals surface area contributed by atoms with Gasteiger partial charge >= 0.3 is 0 Å². The first kappa shape index (κ1) is 23.4. The maximum Gasteiger partial charge on any atom is 0.289 e. The van der Waals surface area contributed by atoms with E-state index in [9.17, 15) is 19.3 Å². The molecule has 34 heavy (non-hydrogen) atoms. The van der Waals surface area contributed by atoms with Crippen molar-refractivity contribution in [2.24, 2.45) is 7.05 Å². The Bertz CT molecular complexity index is 1350. The third kappa shape index (κ3) is 5.08. The number of rotatable bonds is 7. The predicted molar refractivity (Wildman–Crippen MR) is 128 cm³/mol. The molecule has 1 N–H and O–H groups in total. The summed E-state index contributed by atoms with van der Waals surface area (Å²) < 4.78 is 15.0. The number of aromatic nitrogens is 3. The molecule has 0 saturated carbocycles. The number of benzene rings is 3. The van der Waals surface area contributed by atoms with Gasteiger partial charge in [-0.05, 0) is 42.0 Å². The first-order chi connectivity index (χ1) is 16.3. The normalized spacial score (nSPS) is 11.7. The van der Waals surface area contributed by atoms with Gasteiger partial charge in [0.15, 0.2) is 11.0 Å². The van der Waals surface area contributed by atoms with Crippen molar-refractivity contribution in [1.29, 1.82) is 0 Å². The summed E-state index contributed by atoms with van der Waals surface area (Å²) in [6.45, 7) is 0. The lowest BCUT2D eigenvalue weighted by Crippen LogP contribution is -2.19. The van der Waals surface area contributed by atoms with Crippen LogP contribution in [-0.4, -0.2) is 25.6 Å². The highest BCUT2D eigenvalue weighted by Crippen LogP contribution is 2.37. The highest BCUT2D eigenvalue weighted by atomic mass is 35.5. The number of carbonyl (C=O) groups is 1. The van der Waals surface area contributed by atoms with Crippen LogP contribution in [0.4, 0.5) is 15.8 Å². The number of nitrogens with zero attached hydrogens (tertiary/aromatic N) is 4. The van der Waals surface area contributed by atoms with Crippen LogP contribution in [0.3, 0.4) is 0 Å². The van der Waals surface area contributed by atoms with Crippen molar-refractivity contribution in [2.45, 2.75) is 10.4 Å². The largest absolute Gasteiger partial charge is 0.325 e. The Labute approximate surface area is 202 Å². The molecule has 1 atom stereocenters. The van der Waals surface area contributed by atoms with Crippen LogP contribution in [0, 0.1) is 15.9 Å². The average Bonchev–Trinajstić information content (AvgIpc) is 3.19. The van der Waals surface area contributed by atoms with Gasteiger partial charge in [-0.1, -0.05) is 53.7 Å². The SMILES string of the molecule is Cn1c(SC(C(=O)Nc2ccc(Cl)c([N+](=O)[O-])c2)c2ccccc2)nnc1-c1ccc(F)cc1. The molecule has 3 aromatic carbocycles. The van der Waals surface area contributed by atoms with E-state index < -0.39 is 16.1 Å². The van der Waals surface area contributed by atoms with E-state index in [1.165, 1.54) is 42.1 Å². The van der Waals surface area contributed by atoms with Gasteiger partial charge in [-0.15, -0.1) is 10.2 Å².